The zero-order valence-corrected chi connectivity index (χ0v) is 21.7. The van der Waals surface area contributed by atoms with Crippen LogP contribution in [0.25, 0.3) is 0 Å². The fourth-order valence-corrected chi connectivity index (χ4v) is 14.4. The van der Waals surface area contributed by atoms with Crippen molar-refractivity contribution in [3.8, 4) is 0 Å². The Morgan fingerprint density at radius 3 is 0.741 bits per heavy atom. The van der Waals surface area contributed by atoms with E-state index in [-0.39, 0.29) is 0 Å². The van der Waals surface area contributed by atoms with Crippen molar-refractivity contribution >= 4 is 6.60 Å². The predicted octanol–water partition coefficient (Wildman–Crippen LogP) is 9.88. The van der Waals surface area contributed by atoms with E-state index in [1.54, 1.807) is 77.0 Å². The van der Waals surface area contributed by atoms with Crippen LogP contribution in [-0.2, 0) is 0 Å². The quantitative estimate of drug-likeness (QED) is 0.413. The van der Waals surface area contributed by atoms with Crippen molar-refractivity contribution in [2.45, 2.75) is 155 Å². The van der Waals surface area contributed by atoms with Crippen LogP contribution in [0.15, 0.2) is 0 Å². The summed E-state index contributed by atoms with van der Waals surface area (Å²) in [6.45, 7) is 16.3. The summed E-state index contributed by atoms with van der Waals surface area (Å²) in [6.07, 6.45) is 23.4. The van der Waals surface area contributed by atoms with Gasteiger partial charge in [-0.2, -0.15) is 0 Å². The molecule has 166 valence electrons. The molecule has 0 bridgehead atoms. The summed E-state index contributed by atoms with van der Waals surface area (Å²) >= 11 is 0. The maximum atomic E-state index is 2.91. The first-order chi connectivity index (χ1) is 13.1. The monoisotopic (exact) mass is 400 g/mol. The van der Waals surface area contributed by atoms with Crippen LogP contribution in [0.1, 0.15) is 138 Å². The summed E-state index contributed by atoms with van der Waals surface area (Å²) in [5.74, 6) is 0. The van der Waals surface area contributed by atoms with E-state index in [0.717, 1.165) is 17.0 Å². The Labute approximate surface area is 175 Å². The van der Waals surface area contributed by atoms with E-state index in [4.69, 9.17) is 0 Å². The van der Waals surface area contributed by atoms with E-state index in [9.17, 15) is 0 Å². The SMILES string of the molecule is CC.CC.CC.CP(C)(C1CCCCC1)(C1CCCCC1)C1CCCCC1. The van der Waals surface area contributed by atoms with Crippen molar-refractivity contribution in [3.05, 3.63) is 0 Å². The fraction of sp³-hybridized carbons (Fsp3) is 1.00. The van der Waals surface area contributed by atoms with Crippen molar-refractivity contribution in [1.82, 2.24) is 0 Å². The molecule has 0 heterocycles. The van der Waals surface area contributed by atoms with Crippen molar-refractivity contribution in [2.75, 3.05) is 13.3 Å². The molecule has 0 atom stereocenters. The van der Waals surface area contributed by atoms with Crippen LogP contribution >= 0.6 is 6.60 Å². The summed E-state index contributed by atoms with van der Waals surface area (Å²) in [5.41, 5.74) is 3.45. The van der Waals surface area contributed by atoms with E-state index >= 15 is 0 Å². The molecule has 0 aromatic heterocycles. The van der Waals surface area contributed by atoms with Crippen LogP contribution in [0.5, 0.6) is 0 Å². The van der Waals surface area contributed by atoms with Crippen LogP contribution in [0.3, 0.4) is 0 Å². The first kappa shape index (κ1) is 27.4. The summed E-state index contributed by atoms with van der Waals surface area (Å²) in [6, 6.07) is 0. The summed E-state index contributed by atoms with van der Waals surface area (Å²) in [7, 11) is 0. The van der Waals surface area contributed by atoms with Gasteiger partial charge in [0.25, 0.3) is 0 Å². The molecular formula is C26H57P. The third-order valence-electron chi connectivity index (χ3n) is 8.18. The molecule has 0 unspecified atom stereocenters. The standard InChI is InChI=1S/C20H39P.3C2H6/c1-21(2,18-12-6-3-7-13-18,19-14-8-4-9-15-19)20-16-10-5-11-17-20;3*1-2/h18-20H,3-17H2,1-2H3;3*1-2H3. The average molecular weight is 401 g/mol. The molecule has 0 amide bonds. The Kier molecular flexibility index (Phi) is 14.6. The molecule has 3 aliphatic carbocycles. The minimum atomic E-state index is -1.54. The van der Waals surface area contributed by atoms with Gasteiger partial charge >= 0.3 is 133 Å². The Morgan fingerprint density at radius 2 is 0.556 bits per heavy atom. The van der Waals surface area contributed by atoms with E-state index < -0.39 is 6.60 Å². The molecule has 0 spiro atoms. The molecule has 3 fully saturated rings. The van der Waals surface area contributed by atoms with Crippen LogP contribution in [0, 0.1) is 0 Å². The van der Waals surface area contributed by atoms with E-state index in [0.29, 0.717) is 0 Å². The molecule has 27 heavy (non-hydrogen) atoms. The second kappa shape index (κ2) is 14.4. The molecular weight excluding hydrogens is 343 g/mol. The second-order valence-corrected chi connectivity index (χ2v) is 16.4. The van der Waals surface area contributed by atoms with E-state index in [1.165, 1.54) is 19.3 Å². The minimum absolute atomic E-state index is 1.15. The molecule has 0 saturated heterocycles. The third-order valence-corrected chi connectivity index (χ3v) is 16.6. The molecule has 3 aliphatic rings. The Bertz CT molecular complexity index is 276. The maximum absolute atomic E-state index is 2.91. The van der Waals surface area contributed by atoms with Gasteiger partial charge in [0.1, 0.15) is 0 Å². The van der Waals surface area contributed by atoms with Gasteiger partial charge in [-0.1, -0.05) is 41.5 Å². The van der Waals surface area contributed by atoms with E-state index in [1.807, 2.05) is 41.5 Å². The van der Waals surface area contributed by atoms with Gasteiger partial charge in [0.15, 0.2) is 0 Å². The second-order valence-electron chi connectivity index (χ2n) is 9.32. The normalized spacial score (nSPS) is 23.9. The molecule has 0 aromatic rings. The molecule has 0 N–H and O–H groups in total. The molecule has 3 saturated carbocycles. The van der Waals surface area contributed by atoms with Crippen LogP contribution in [-0.4, -0.2) is 30.3 Å². The number of hydrogen-bond acceptors (Lipinski definition) is 0. The van der Waals surface area contributed by atoms with Crippen molar-refractivity contribution in [3.63, 3.8) is 0 Å². The van der Waals surface area contributed by atoms with Crippen LogP contribution < -0.4 is 0 Å². The Balaban J connectivity index is 0.00000103. The summed E-state index contributed by atoms with van der Waals surface area (Å²) in [4.78, 5) is 0. The zero-order valence-electron chi connectivity index (χ0n) is 20.8. The van der Waals surface area contributed by atoms with E-state index in [2.05, 4.69) is 13.3 Å². The van der Waals surface area contributed by atoms with Crippen molar-refractivity contribution in [1.29, 1.82) is 0 Å². The predicted molar refractivity (Wildman–Crippen MR) is 133 cm³/mol. The van der Waals surface area contributed by atoms with Crippen LogP contribution in [0.4, 0.5) is 0 Å². The average Bonchev–Trinajstić information content (AvgIpc) is 2.80. The van der Waals surface area contributed by atoms with Gasteiger partial charge < -0.3 is 0 Å². The van der Waals surface area contributed by atoms with Gasteiger partial charge in [0.05, 0.1) is 0 Å². The van der Waals surface area contributed by atoms with Gasteiger partial charge in [-0.15, -0.1) is 0 Å². The molecule has 0 aliphatic heterocycles. The molecule has 1 heteroatoms. The van der Waals surface area contributed by atoms with Gasteiger partial charge in [-0.25, -0.2) is 0 Å². The third kappa shape index (κ3) is 6.73. The first-order valence-corrected chi connectivity index (χ1v) is 16.5. The topological polar surface area (TPSA) is 0 Å². The molecule has 0 nitrogen and oxygen atoms in total. The molecule has 0 radical (unpaired) electrons. The number of hydrogen-bond donors (Lipinski definition) is 0. The van der Waals surface area contributed by atoms with Crippen molar-refractivity contribution < 1.29 is 0 Å². The van der Waals surface area contributed by atoms with Gasteiger partial charge in [0.2, 0.25) is 0 Å². The Hall–Kier alpha value is 0.430. The number of rotatable bonds is 3. The zero-order chi connectivity index (χ0) is 20.8. The van der Waals surface area contributed by atoms with Gasteiger partial charge in [-0.3, -0.25) is 0 Å². The van der Waals surface area contributed by atoms with Crippen LogP contribution in [0.2, 0.25) is 0 Å². The van der Waals surface area contributed by atoms with Crippen molar-refractivity contribution in [2.24, 2.45) is 0 Å². The van der Waals surface area contributed by atoms with Gasteiger partial charge in [-0.05, 0) is 0 Å². The fourth-order valence-electron chi connectivity index (χ4n) is 6.58. The summed E-state index contributed by atoms with van der Waals surface area (Å²) < 4.78 is 0. The Morgan fingerprint density at radius 1 is 0.370 bits per heavy atom. The summed E-state index contributed by atoms with van der Waals surface area (Å²) in [5, 5.41) is 0. The molecule has 0 aromatic carbocycles. The van der Waals surface area contributed by atoms with Gasteiger partial charge in [0, 0.05) is 0 Å². The molecule has 3 rings (SSSR count). The first-order valence-electron chi connectivity index (χ1n) is 13.1.